The monoisotopic (exact) mass is 369 g/mol. The molecule has 1 aromatic carbocycles. The van der Waals surface area contributed by atoms with Crippen molar-refractivity contribution in [3.63, 3.8) is 0 Å². The Kier molecular flexibility index (Phi) is 7.79. The first kappa shape index (κ1) is 20.4. The van der Waals surface area contributed by atoms with E-state index >= 15 is 0 Å². The summed E-state index contributed by atoms with van der Waals surface area (Å²) in [5.74, 6) is 1.75. The summed E-state index contributed by atoms with van der Waals surface area (Å²) in [7, 11) is 0. The van der Waals surface area contributed by atoms with Gasteiger partial charge < -0.3 is 4.74 Å². The number of rotatable bonds is 5. The highest BCUT2D eigenvalue weighted by atomic mass is 16.5. The smallest absolute Gasteiger partial charge is 0.131 e. The predicted octanol–water partition coefficient (Wildman–Crippen LogP) is 7.36. The van der Waals surface area contributed by atoms with Crippen molar-refractivity contribution in [2.24, 2.45) is 4.99 Å². The molecule has 2 aliphatic rings. The molecule has 0 radical (unpaired) electrons. The Hall–Kier alpha value is -1.31. The Morgan fingerprint density at radius 1 is 0.889 bits per heavy atom. The van der Waals surface area contributed by atoms with E-state index in [1.165, 1.54) is 93.7 Å². The van der Waals surface area contributed by atoms with Crippen LogP contribution in [0, 0.1) is 6.92 Å². The molecule has 3 rings (SSSR count). The number of hydrogen-bond acceptors (Lipinski definition) is 2. The van der Waals surface area contributed by atoms with Gasteiger partial charge in [-0.25, -0.2) is 0 Å². The zero-order valence-electron chi connectivity index (χ0n) is 17.8. The van der Waals surface area contributed by atoms with Gasteiger partial charge in [-0.2, -0.15) is 0 Å². The van der Waals surface area contributed by atoms with Gasteiger partial charge >= 0.3 is 0 Å². The van der Waals surface area contributed by atoms with E-state index in [4.69, 9.17) is 9.73 Å². The summed E-state index contributed by atoms with van der Waals surface area (Å²) in [6.45, 7) is 6.51. The lowest BCUT2D eigenvalue weighted by atomic mass is 9.84. The fourth-order valence-electron chi connectivity index (χ4n) is 4.78. The summed E-state index contributed by atoms with van der Waals surface area (Å²) in [5, 5.41) is 0. The van der Waals surface area contributed by atoms with Gasteiger partial charge in [-0.05, 0) is 69.6 Å². The Labute approximate surface area is 166 Å². The average Bonchev–Trinajstić information content (AvgIpc) is 2.62. The predicted molar refractivity (Wildman–Crippen MR) is 116 cm³/mol. The molecule has 0 bridgehead atoms. The van der Waals surface area contributed by atoms with Crippen LogP contribution in [0.25, 0.3) is 0 Å². The quantitative estimate of drug-likeness (QED) is 0.497. The lowest BCUT2D eigenvalue weighted by Gasteiger charge is -2.25. The summed E-state index contributed by atoms with van der Waals surface area (Å²) < 4.78 is 6.41. The summed E-state index contributed by atoms with van der Waals surface area (Å²) in [6.07, 6.45) is 18.4. The third-order valence-corrected chi connectivity index (χ3v) is 6.19. The standard InChI is InChI=1S/C25H39NO/c1-19(2)27-25-22(18-26-23-14-10-7-11-15-23)16-20(3)17-24(25)21-12-8-5-4-6-9-13-21/h16-19,21,23H,4-15H2,1-3H3. The number of aliphatic imine (C=N–C) groups is 1. The zero-order valence-corrected chi connectivity index (χ0v) is 17.8. The molecular weight excluding hydrogens is 330 g/mol. The number of benzene rings is 1. The van der Waals surface area contributed by atoms with E-state index in [1.807, 2.05) is 0 Å². The molecule has 1 aromatic rings. The third-order valence-electron chi connectivity index (χ3n) is 6.19. The van der Waals surface area contributed by atoms with E-state index in [2.05, 4.69) is 39.1 Å². The van der Waals surface area contributed by atoms with Crippen LogP contribution in [0.5, 0.6) is 5.75 Å². The molecule has 150 valence electrons. The van der Waals surface area contributed by atoms with Gasteiger partial charge in [0.25, 0.3) is 0 Å². The van der Waals surface area contributed by atoms with E-state index in [9.17, 15) is 0 Å². The molecule has 2 nitrogen and oxygen atoms in total. The van der Waals surface area contributed by atoms with Gasteiger partial charge in [-0.15, -0.1) is 0 Å². The first-order valence-electron chi connectivity index (χ1n) is 11.5. The van der Waals surface area contributed by atoms with Crippen LogP contribution < -0.4 is 4.74 Å². The summed E-state index contributed by atoms with van der Waals surface area (Å²) in [6, 6.07) is 5.18. The van der Waals surface area contributed by atoms with Crippen LogP contribution in [0.2, 0.25) is 0 Å². The van der Waals surface area contributed by atoms with Crippen molar-refractivity contribution in [1.82, 2.24) is 0 Å². The van der Waals surface area contributed by atoms with E-state index < -0.39 is 0 Å². The number of aryl methyl sites for hydroxylation is 1. The normalized spacial score (nSPS) is 20.7. The van der Waals surface area contributed by atoms with Crippen molar-refractivity contribution in [2.45, 2.75) is 116 Å². The van der Waals surface area contributed by atoms with Gasteiger partial charge in [0.1, 0.15) is 5.75 Å². The topological polar surface area (TPSA) is 21.6 Å². The molecule has 27 heavy (non-hydrogen) atoms. The van der Waals surface area contributed by atoms with Gasteiger partial charge in [0.15, 0.2) is 0 Å². The summed E-state index contributed by atoms with van der Waals surface area (Å²) in [5.41, 5.74) is 3.98. The molecule has 0 amide bonds. The van der Waals surface area contributed by atoms with E-state index in [1.54, 1.807) is 0 Å². The third kappa shape index (κ3) is 6.09. The van der Waals surface area contributed by atoms with Gasteiger partial charge in [-0.3, -0.25) is 4.99 Å². The molecule has 0 saturated heterocycles. The van der Waals surface area contributed by atoms with Gasteiger partial charge in [0.2, 0.25) is 0 Å². The Morgan fingerprint density at radius 2 is 1.48 bits per heavy atom. The van der Waals surface area contributed by atoms with E-state index in [0.29, 0.717) is 12.0 Å². The van der Waals surface area contributed by atoms with Crippen molar-refractivity contribution >= 4 is 6.21 Å². The maximum atomic E-state index is 6.41. The minimum Gasteiger partial charge on any atom is -0.490 e. The van der Waals surface area contributed by atoms with Gasteiger partial charge in [0.05, 0.1) is 6.10 Å². The molecule has 0 heterocycles. The molecule has 2 saturated carbocycles. The molecule has 2 aliphatic carbocycles. The van der Waals surface area contributed by atoms with Crippen LogP contribution in [-0.4, -0.2) is 18.4 Å². The first-order valence-corrected chi connectivity index (χ1v) is 11.5. The molecule has 2 heteroatoms. The highest BCUT2D eigenvalue weighted by Gasteiger charge is 2.21. The number of nitrogens with zero attached hydrogens (tertiary/aromatic N) is 1. The molecule has 0 spiro atoms. The maximum Gasteiger partial charge on any atom is 0.131 e. The summed E-state index contributed by atoms with van der Waals surface area (Å²) >= 11 is 0. The van der Waals surface area contributed by atoms with Crippen LogP contribution in [0.3, 0.4) is 0 Å². The highest BCUT2D eigenvalue weighted by Crippen LogP contribution is 2.39. The fraction of sp³-hybridized carbons (Fsp3) is 0.720. The lowest BCUT2D eigenvalue weighted by molar-refractivity contribution is 0.237. The minimum absolute atomic E-state index is 0.196. The largest absolute Gasteiger partial charge is 0.490 e. The molecular formula is C25H39NO. The van der Waals surface area contributed by atoms with Crippen molar-refractivity contribution in [1.29, 1.82) is 0 Å². The second-order valence-electron chi connectivity index (χ2n) is 9.05. The van der Waals surface area contributed by atoms with Gasteiger partial charge in [0, 0.05) is 17.8 Å². The van der Waals surface area contributed by atoms with Gasteiger partial charge in [-0.1, -0.05) is 57.4 Å². The van der Waals surface area contributed by atoms with E-state index in [0.717, 1.165) is 5.75 Å². The van der Waals surface area contributed by atoms with E-state index in [-0.39, 0.29) is 6.10 Å². The minimum atomic E-state index is 0.196. The number of hydrogen-bond donors (Lipinski definition) is 0. The van der Waals surface area contributed by atoms with Crippen LogP contribution in [-0.2, 0) is 0 Å². The lowest BCUT2D eigenvalue weighted by Crippen LogP contribution is -2.14. The summed E-state index contributed by atoms with van der Waals surface area (Å²) in [4.78, 5) is 4.98. The fourth-order valence-corrected chi connectivity index (χ4v) is 4.78. The van der Waals surface area contributed by atoms with Crippen molar-refractivity contribution in [3.8, 4) is 5.75 Å². The zero-order chi connectivity index (χ0) is 19.1. The molecule has 0 aromatic heterocycles. The second kappa shape index (κ2) is 10.3. The van der Waals surface area contributed by atoms with Crippen molar-refractivity contribution < 1.29 is 4.74 Å². The maximum absolute atomic E-state index is 6.41. The number of ether oxygens (including phenoxy) is 1. The highest BCUT2D eigenvalue weighted by molar-refractivity contribution is 5.85. The van der Waals surface area contributed by atoms with Crippen LogP contribution in [0.1, 0.15) is 114 Å². The Balaban J connectivity index is 1.90. The van der Waals surface area contributed by atoms with Crippen LogP contribution in [0.15, 0.2) is 17.1 Å². The molecule has 0 aliphatic heterocycles. The SMILES string of the molecule is Cc1cc(C=NC2CCCCC2)c(OC(C)C)c(C2CCCCCCC2)c1. The molecule has 0 atom stereocenters. The van der Waals surface area contributed by atoms with Crippen LogP contribution in [0.4, 0.5) is 0 Å². The molecule has 0 N–H and O–H groups in total. The average molecular weight is 370 g/mol. The first-order chi connectivity index (χ1) is 13.1. The van der Waals surface area contributed by atoms with Crippen molar-refractivity contribution in [2.75, 3.05) is 0 Å². The molecule has 0 unspecified atom stereocenters. The van der Waals surface area contributed by atoms with Crippen LogP contribution >= 0.6 is 0 Å². The van der Waals surface area contributed by atoms with Crippen molar-refractivity contribution in [3.05, 3.63) is 28.8 Å². The Morgan fingerprint density at radius 3 is 2.15 bits per heavy atom. The second-order valence-corrected chi connectivity index (χ2v) is 9.05. The Bertz CT molecular complexity index is 605. The molecule has 2 fully saturated rings.